The van der Waals surface area contributed by atoms with Gasteiger partial charge in [-0.2, -0.15) is 5.10 Å². The summed E-state index contributed by atoms with van der Waals surface area (Å²) in [5, 5.41) is 7.72. The summed E-state index contributed by atoms with van der Waals surface area (Å²) in [5.41, 5.74) is 1.92. The lowest BCUT2D eigenvalue weighted by atomic mass is 9.97. The highest BCUT2D eigenvalue weighted by Gasteiger charge is 2.28. The average molecular weight is 643 g/mol. The minimum atomic E-state index is -3.71. The van der Waals surface area contributed by atoms with Gasteiger partial charge in [0.25, 0.3) is 0 Å². The number of carbonyl (C=O) groups is 1. The smallest absolute Gasteiger partial charge is 0.408 e. The van der Waals surface area contributed by atoms with E-state index in [2.05, 4.69) is 15.1 Å². The first kappa shape index (κ1) is 31.1. The molecular weight excluding hydrogens is 614 g/mol. The fourth-order valence-corrected chi connectivity index (χ4v) is 5.64. The third-order valence-electron chi connectivity index (χ3n) is 6.46. The first-order valence-electron chi connectivity index (χ1n) is 13.4. The van der Waals surface area contributed by atoms with Gasteiger partial charge in [0.15, 0.2) is 5.82 Å². The van der Waals surface area contributed by atoms with Crippen molar-refractivity contribution in [3.05, 3.63) is 82.5 Å². The first-order valence-corrected chi connectivity index (χ1v) is 15.7. The van der Waals surface area contributed by atoms with E-state index in [0.717, 1.165) is 12.3 Å². The lowest BCUT2D eigenvalue weighted by Gasteiger charge is -2.25. The second kappa shape index (κ2) is 11.6. The molecule has 0 aliphatic carbocycles. The number of fused-ring (bicyclic) bond motifs is 2. The lowest BCUT2D eigenvalue weighted by molar-refractivity contribution is 0.0502. The summed E-state index contributed by atoms with van der Waals surface area (Å²) in [6.07, 6.45) is 0.152. The number of ether oxygens (including phenoxy) is 1. The standard InChI is InChI=1S/C30H29ClF2N6O4S/c1-30(2,3)43-29(40)36-23(14-16-12-17(32)15-18(33)13-16)26-25(34-21-8-6-7-9-22(21)35-26)19-10-11-20(31)24-27(19)39(4)37-28(24)38-44(5,41)42/h6-13,15,23H,14H2,1-5H3,(H,36,40)(H,37,38)/t23-/m1/s1. The van der Waals surface area contributed by atoms with Crippen molar-refractivity contribution in [1.29, 1.82) is 0 Å². The summed E-state index contributed by atoms with van der Waals surface area (Å²) in [6.45, 7) is 5.12. The number of hydrogen-bond donors (Lipinski definition) is 2. The Morgan fingerprint density at radius 2 is 1.68 bits per heavy atom. The number of hydrogen-bond acceptors (Lipinski definition) is 7. The maximum absolute atomic E-state index is 14.2. The van der Waals surface area contributed by atoms with Gasteiger partial charge in [0.1, 0.15) is 17.2 Å². The highest BCUT2D eigenvalue weighted by Crippen LogP contribution is 2.39. The Morgan fingerprint density at radius 3 is 2.30 bits per heavy atom. The molecule has 0 spiro atoms. The molecular formula is C30H29ClF2N6O4S. The van der Waals surface area contributed by atoms with E-state index in [1.807, 2.05) is 0 Å². The number of nitrogens with zero attached hydrogens (tertiary/aromatic N) is 4. The molecule has 0 saturated carbocycles. The average Bonchev–Trinajstić information content (AvgIpc) is 3.21. The second-order valence-corrected chi connectivity index (χ2v) is 13.4. The van der Waals surface area contributed by atoms with Crippen LogP contribution in [0.5, 0.6) is 0 Å². The number of sulfonamides is 1. The second-order valence-electron chi connectivity index (χ2n) is 11.3. The minimum absolute atomic E-state index is 0.0193. The zero-order chi connectivity index (χ0) is 32.0. The fourth-order valence-electron chi connectivity index (χ4n) is 4.90. The number of rotatable bonds is 7. The summed E-state index contributed by atoms with van der Waals surface area (Å²) in [4.78, 5) is 22.9. The SMILES string of the molecule is Cn1nc(NS(C)(=O)=O)c2c(Cl)ccc(-c3nc4ccccc4nc3[C@@H](Cc3cc(F)cc(F)c3)NC(=O)OC(C)(C)C)c21. The van der Waals surface area contributed by atoms with E-state index in [4.69, 9.17) is 26.3 Å². The molecule has 230 valence electrons. The van der Waals surface area contributed by atoms with Gasteiger partial charge < -0.3 is 10.1 Å². The van der Waals surface area contributed by atoms with Crippen molar-refractivity contribution in [3.8, 4) is 11.3 Å². The summed E-state index contributed by atoms with van der Waals surface area (Å²) in [7, 11) is -2.08. The minimum Gasteiger partial charge on any atom is -0.444 e. The van der Waals surface area contributed by atoms with E-state index >= 15 is 0 Å². The molecule has 2 heterocycles. The zero-order valence-corrected chi connectivity index (χ0v) is 26.0. The molecule has 0 aliphatic heterocycles. The first-order chi connectivity index (χ1) is 20.6. The molecule has 5 aromatic rings. The predicted molar refractivity (Wildman–Crippen MR) is 165 cm³/mol. The molecule has 1 amide bonds. The number of carbonyl (C=O) groups excluding carboxylic acids is 1. The summed E-state index contributed by atoms with van der Waals surface area (Å²) in [6, 6.07) is 12.5. The van der Waals surface area contributed by atoms with Crippen LogP contribution in [0.15, 0.2) is 54.6 Å². The molecule has 10 nitrogen and oxygen atoms in total. The van der Waals surface area contributed by atoms with Gasteiger partial charge in [-0.25, -0.2) is 32.0 Å². The van der Waals surface area contributed by atoms with Gasteiger partial charge in [-0.15, -0.1) is 0 Å². The Morgan fingerprint density at radius 1 is 1.05 bits per heavy atom. The van der Waals surface area contributed by atoms with Crippen LogP contribution in [0.3, 0.4) is 0 Å². The highest BCUT2D eigenvalue weighted by molar-refractivity contribution is 7.92. The number of amides is 1. The van der Waals surface area contributed by atoms with Crippen molar-refractivity contribution in [1.82, 2.24) is 25.1 Å². The molecule has 2 N–H and O–H groups in total. The third kappa shape index (κ3) is 6.89. The van der Waals surface area contributed by atoms with Gasteiger partial charge in [-0.3, -0.25) is 9.40 Å². The highest BCUT2D eigenvalue weighted by atomic mass is 35.5. The lowest BCUT2D eigenvalue weighted by Crippen LogP contribution is -2.36. The molecule has 5 rings (SSSR count). The van der Waals surface area contributed by atoms with Gasteiger partial charge in [0.2, 0.25) is 10.0 Å². The molecule has 0 aliphatic rings. The quantitative estimate of drug-likeness (QED) is 0.213. The molecule has 14 heteroatoms. The number of halogens is 3. The number of alkyl carbamates (subject to hydrolysis) is 1. The number of nitrogens with one attached hydrogen (secondary N) is 2. The fraction of sp³-hybridized carbons (Fsp3) is 0.267. The van der Waals surface area contributed by atoms with Gasteiger partial charge in [0.05, 0.1) is 50.6 Å². The van der Waals surface area contributed by atoms with Crippen molar-refractivity contribution >= 4 is 55.5 Å². The van der Waals surface area contributed by atoms with Crippen molar-refractivity contribution < 1.29 is 26.7 Å². The monoisotopic (exact) mass is 642 g/mol. The largest absolute Gasteiger partial charge is 0.444 e. The van der Waals surface area contributed by atoms with Gasteiger partial charge in [0, 0.05) is 18.7 Å². The molecule has 3 aromatic carbocycles. The summed E-state index contributed by atoms with van der Waals surface area (Å²) in [5.74, 6) is -1.53. The molecule has 44 heavy (non-hydrogen) atoms. The van der Waals surface area contributed by atoms with Crippen molar-refractivity contribution in [3.63, 3.8) is 0 Å². The van der Waals surface area contributed by atoms with E-state index < -0.39 is 39.4 Å². The van der Waals surface area contributed by atoms with E-state index in [1.54, 1.807) is 64.2 Å². The molecule has 0 fully saturated rings. The molecule has 0 unspecified atom stereocenters. The van der Waals surface area contributed by atoms with Crippen LogP contribution in [-0.4, -0.2) is 46.1 Å². The molecule has 0 radical (unpaired) electrons. The van der Waals surface area contributed by atoms with Crippen LogP contribution in [0, 0.1) is 11.6 Å². The normalized spacial score (nSPS) is 12.8. The Balaban J connectivity index is 1.77. The number of aromatic nitrogens is 4. The van der Waals surface area contributed by atoms with E-state index in [0.29, 0.717) is 33.2 Å². The van der Waals surface area contributed by atoms with Gasteiger partial charge in [-0.1, -0.05) is 23.7 Å². The predicted octanol–water partition coefficient (Wildman–Crippen LogP) is 6.30. The van der Waals surface area contributed by atoms with Gasteiger partial charge in [-0.05, 0) is 69.2 Å². The number of aryl methyl sites for hydroxylation is 1. The molecule has 2 aromatic heterocycles. The summed E-state index contributed by atoms with van der Waals surface area (Å²) < 4.78 is 62.1. The Bertz CT molecular complexity index is 2010. The van der Waals surface area contributed by atoms with Crippen LogP contribution in [0.2, 0.25) is 5.02 Å². The maximum atomic E-state index is 14.2. The zero-order valence-electron chi connectivity index (χ0n) is 24.4. The van der Waals surface area contributed by atoms with E-state index in [-0.39, 0.29) is 28.5 Å². The molecule has 1 atom stereocenters. The summed E-state index contributed by atoms with van der Waals surface area (Å²) >= 11 is 6.56. The van der Waals surface area contributed by atoms with Crippen LogP contribution in [0.4, 0.5) is 19.4 Å². The number of anilines is 1. The molecule has 0 bridgehead atoms. The van der Waals surface area contributed by atoms with E-state index in [1.165, 1.54) is 16.8 Å². The third-order valence-corrected chi connectivity index (χ3v) is 7.33. The number of benzene rings is 3. The molecule has 0 saturated heterocycles. The Hall–Kier alpha value is -4.36. The van der Waals surface area contributed by atoms with Crippen LogP contribution in [-0.2, 0) is 28.2 Å². The topological polar surface area (TPSA) is 128 Å². The van der Waals surface area contributed by atoms with Crippen molar-refractivity contribution in [2.24, 2.45) is 7.05 Å². The van der Waals surface area contributed by atoms with Crippen LogP contribution in [0.25, 0.3) is 33.2 Å². The van der Waals surface area contributed by atoms with Crippen LogP contribution >= 0.6 is 11.6 Å². The van der Waals surface area contributed by atoms with Gasteiger partial charge >= 0.3 is 6.09 Å². The maximum Gasteiger partial charge on any atom is 0.408 e. The van der Waals surface area contributed by atoms with Crippen molar-refractivity contribution in [2.45, 2.75) is 38.8 Å². The Labute approximate surface area is 257 Å². The van der Waals surface area contributed by atoms with Crippen LogP contribution < -0.4 is 10.0 Å². The van der Waals surface area contributed by atoms with E-state index in [9.17, 15) is 22.0 Å². The van der Waals surface area contributed by atoms with Crippen LogP contribution in [0.1, 0.15) is 38.1 Å². The number of para-hydroxylation sites is 2. The Kier molecular flexibility index (Phi) is 8.21. The van der Waals surface area contributed by atoms with Crippen molar-refractivity contribution in [2.75, 3.05) is 11.0 Å².